The van der Waals surface area contributed by atoms with Crippen LogP contribution < -0.4 is 9.64 Å². The van der Waals surface area contributed by atoms with Crippen molar-refractivity contribution in [2.75, 3.05) is 18.6 Å². The van der Waals surface area contributed by atoms with Gasteiger partial charge >= 0.3 is 0 Å². The maximum atomic E-state index is 12.9. The van der Waals surface area contributed by atoms with Gasteiger partial charge in [0.2, 0.25) is 5.91 Å². The summed E-state index contributed by atoms with van der Waals surface area (Å²) in [5.41, 5.74) is 0.677. The molecule has 5 nitrogen and oxygen atoms in total. The van der Waals surface area contributed by atoms with E-state index in [-0.39, 0.29) is 17.9 Å². The number of rotatable bonds is 2. The van der Waals surface area contributed by atoms with Gasteiger partial charge in [0.05, 0.1) is 12.8 Å². The van der Waals surface area contributed by atoms with E-state index in [0.29, 0.717) is 18.0 Å². The van der Waals surface area contributed by atoms with Gasteiger partial charge in [0.1, 0.15) is 17.8 Å². The molecular formula is C16H20N2O3. The molecular weight excluding hydrogens is 268 g/mol. The number of hydrogen-bond donors (Lipinski definition) is 0. The third kappa shape index (κ3) is 2.17. The first-order valence-electron chi connectivity index (χ1n) is 7.41. The van der Waals surface area contributed by atoms with Crippen molar-refractivity contribution in [3.8, 4) is 5.75 Å². The van der Waals surface area contributed by atoms with Gasteiger partial charge in [0, 0.05) is 6.54 Å². The first-order chi connectivity index (χ1) is 10.1. The molecule has 1 aromatic rings. The molecule has 2 atom stereocenters. The molecule has 0 N–H and O–H groups in total. The highest BCUT2D eigenvalue weighted by molar-refractivity contribution is 6.09. The number of hydrogen-bond acceptors (Lipinski definition) is 3. The van der Waals surface area contributed by atoms with Crippen LogP contribution in [0, 0.1) is 0 Å². The van der Waals surface area contributed by atoms with E-state index in [0.717, 1.165) is 19.3 Å². The number of piperidine rings is 1. The lowest BCUT2D eigenvalue weighted by atomic mass is 9.95. The minimum Gasteiger partial charge on any atom is -0.495 e. The maximum absolute atomic E-state index is 12.9. The molecule has 2 aliphatic heterocycles. The van der Waals surface area contributed by atoms with Crippen molar-refractivity contribution in [3.63, 3.8) is 0 Å². The largest absolute Gasteiger partial charge is 0.495 e. The smallest absolute Gasteiger partial charge is 0.250 e. The third-order valence-electron chi connectivity index (χ3n) is 4.40. The SMILES string of the molecule is COc1ccccc1N1C(=O)C2CCCCN2C(=O)C1C. The molecule has 112 valence electrons. The number of amides is 2. The summed E-state index contributed by atoms with van der Waals surface area (Å²) in [6, 6.07) is 6.56. The molecule has 3 rings (SSSR count). The molecule has 0 bridgehead atoms. The molecule has 0 spiro atoms. The number of methoxy groups -OCH3 is 1. The van der Waals surface area contributed by atoms with Gasteiger partial charge in [-0.25, -0.2) is 0 Å². The monoisotopic (exact) mass is 288 g/mol. The zero-order chi connectivity index (χ0) is 15.0. The summed E-state index contributed by atoms with van der Waals surface area (Å²) in [4.78, 5) is 28.8. The second-order valence-corrected chi connectivity index (χ2v) is 5.60. The summed E-state index contributed by atoms with van der Waals surface area (Å²) < 4.78 is 5.35. The van der Waals surface area contributed by atoms with E-state index in [1.165, 1.54) is 0 Å². The maximum Gasteiger partial charge on any atom is 0.250 e. The van der Waals surface area contributed by atoms with Gasteiger partial charge in [0.15, 0.2) is 0 Å². The molecule has 0 radical (unpaired) electrons. The van der Waals surface area contributed by atoms with E-state index < -0.39 is 6.04 Å². The van der Waals surface area contributed by atoms with Crippen molar-refractivity contribution < 1.29 is 14.3 Å². The number of piperazine rings is 1. The highest BCUT2D eigenvalue weighted by Crippen LogP contribution is 2.35. The first-order valence-corrected chi connectivity index (χ1v) is 7.41. The van der Waals surface area contributed by atoms with Gasteiger partial charge in [-0.3, -0.25) is 14.5 Å². The van der Waals surface area contributed by atoms with Crippen LogP contribution in [-0.2, 0) is 9.59 Å². The van der Waals surface area contributed by atoms with E-state index in [1.54, 1.807) is 23.8 Å². The Balaban J connectivity index is 2.01. The number of para-hydroxylation sites is 2. The van der Waals surface area contributed by atoms with E-state index in [4.69, 9.17) is 4.74 Å². The predicted octanol–water partition coefficient (Wildman–Crippen LogP) is 1.81. The van der Waals surface area contributed by atoms with Crippen LogP contribution >= 0.6 is 0 Å². The van der Waals surface area contributed by atoms with Crippen LogP contribution in [-0.4, -0.2) is 42.5 Å². The highest BCUT2D eigenvalue weighted by Gasteiger charge is 2.45. The zero-order valence-electron chi connectivity index (χ0n) is 12.4. The van der Waals surface area contributed by atoms with Crippen LogP contribution in [0.15, 0.2) is 24.3 Å². The molecule has 2 amide bonds. The third-order valence-corrected chi connectivity index (χ3v) is 4.40. The standard InChI is InChI=1S/C16H20N2O3/c1-11-15(19)17-10-6-5-8-13(17)16(20)18(11)12-7-3-4-9-14(12)21-2/h3-4,7,9,11,13H,5-6,8,10H2,1-2H3. The molecule has 0 aliphatic carbocycles. The Kier molecular flexibility index (Phi) is 3.57. The molecule has 0 aromatic heterocycles. The van der Waals surface area contributed by atoms with Crippen LogP contribution in [0.5, 0.6) is 5.75 Å². The Hall–Kier alpha value is -2.04. The first kappa shape index (κ1) is 13.9. The van der Waals surface area contributed by atoms with Crippen LogP contribution in [0.2, 0.25) is 0 Å². The van der Waals surface area contributed by atoms with Crippen molar-refractivity contribution in [2.45, 2.75) is 38.3 Å². The molecule has 1 aromatic carbocycles. The second-order valence-electron chi connectivity index (χ2n) is 5.60. The Morgan fingerprint density at radius 3 is 2.67 bits per heavy atom. The number of benzene rings is 1. The molecule has 2 heterocycles. The minimum absolute atomic E-state index is 0.00583. The van der Waals surface area contributed by atoms with Crippen molar-refractivity contribution in [1.29, 1.82) is 0 Å². The van der Waals surface area contributed by atoms with Gasteiger partial charge in [-0.1, -0.05) is 12.1 Å². The summed E-state index contributed by atoms with van der Waals surface area (Å²) in [7, 11) is 1.58. The summed E-state index contributed by atoms with van der Waals surface area (Å²) in [6.07, 6.45) is 2.73. The van der Waals surface area contributed by atoms with Crippen molar-refractivity contribution in [1.82, 2.24) is 4.90 Å². The van der Waals surface area contributed by atoms with Gasteiger partial charge in [-0.2, -0.15) is 0 Å². The van der Waals surface area contributed by atoms with E-state index in [9.17, 15) is 9.59 Å². The van der Waals surface area contributed by atoms with Gasteiger partial charge in [-0.05, 0) is 38.3 Å². The number of anilines is 1. The van der Waals surface area contributed by atoms with Crippen molar-refractivity contribution in [3.05, 3.63) is 24.3 Å². The van der Waals surface area contributed by atoms with Crippen LogP contribution in [0.4, 0.5) is 5.69 Å². The van der Waals surface area contributed by atoms with E-state index in [1.807, 2.05) is 24.3 Å². The fourth-order valence-corrected chi connectivity index (χ4v) is 3.31. The fourth-order valence-electron chi connectivity index (χ4n) is 3.31. The normalized spacial score (nSPS) is 25.8. The number of carbonyl (C=O) groups excluding carboxylic acids is 2. The summed E-state index contributed by atoms with van der Waals surface area (Å²) in [5.74, 6) is 0.659. The highest BCUT2D eigenvalue weighted by atomic mass is 16.5. The van der Waals surface area contributed by atoms with Gasteiger partial charge in [0.25, 0.3) is 5.91 Å². The Bertz CT molecular complexity index is 572. The molecule has 2 unspecified atom stereocenters. The molecule has 0 saturated carbocycles. The lowest BCUT2D eigenvalue weighted by Gasteiger charge is -2.46. The summed E-state index contributed by atoms with van der Waals surface area (Å²) in [6.45, 7) is 2.48. The Morgan fingerprint density at radius 2 is 1.90 bits per heavy atom. The lowest BCUT2D eigenvalue weighted by molar-refractivity contribution is -0.147. The van der Waals surface area contributed by atoms with Crippen LogP contribution in [0.25, 0.3) is 0 Å². The fraction of sp³-hybridized carbons (Fsp3) is 0.500. The van der Waals surface area contributed by atoms with E-state index in [2.05, 4.69) is 0 Å². The number of nitrogens with zero attached hydrogens (tertiary/aromatic N) is 2. The zero-order valence-corrected chi connectivity index (χ0v) is 12.4. The molecule has 2 saturated heterocycles. The van der Waals surface area contributed by atoms with Crippen LogP contribution in [0.1, 0.15) is 26.2 Å². The average Bonchev–Trinajstić information content (AvgIpc) is 2.53. The number of fused-ring (bicyclic) bond motifs is 1. The number of ether oxygens (including phenoxy) is 1. The topological polar surface area (TPSA) is 49.9 Å². The molecule has 5 heteroatoms. The Labute approximate surface area is 124 Å². The second kappa shape index (κ2) is 5.39. The van der Waals surface area contributed by atoms with Gasteiger partial charge in [-0.15, -0.1) is 0 Å². The van der Waals surface area contributed by atoms with Gasteiger partial charge < -0.3 is 9.64 Å². The average molecular weight is 288 g/mol. The predicted molar refractivity (Wildman–Crippen MR) is 79.3 cm³/mol. The Morgan fingerprint density at radius 1 is 1.14 bits per heavy atom. The molecule has 2 fully saturated rings. The molecule has 2 aliphatic rings. The van der Waals surface area contributed by atoms with Crippen LogP contribution in [0.3, 0.4) is 0 Å². The molecule has 21 heavy (non-hydrogen) atoms. The summed E-state index contributed by atoms with van der Waals surface area (Å²) in [5, 5.41) is 0. The number of carbonyl (C=O) groups is 2. The quantitative estimate of drug-likeness (QED) is 0.834. The lowest BCUT2D eigenvalue weighted by Crippen LogP contribution is -2.65. The summed E-state index contributed by atoms with van der Waals surface area (Å²) >= 11 is 0. The minimum atomic E-state index is -0.483. The van der Waals surface area contributed by atoms with Crippen molar-refractivity contribution in [2.24, 2.45) is 0 Å². The van der Waals surface area contributed by atoms with Crippen molar-refractivity contribution >= 4 is 17.5 Å². The van der Waals surface area contributed by atoms with E-state index >= 15 is 0 Å².